The first kappa shape index (κ1) is 16.4. The van der Waals surface area contributed by atoms with Gasteiger partial charge in [0.15, 0.2) is 0 Å². The average Bonchev–Trinajstić information content (AvgIpc) is 3.10. The van der Waals surface area contributed by atoms with Gasteiger partial charge in [0, 0.05) is 23.7 Å². The summed E-state index contributed by atoms with van der Waals surface area (Å²) in [5, 5.41) is 2.54. The van der Waals surface area contributed by atoms with Gasteiger partial charge < -0.3 is 5.32 Å². The number of nitrogens with one attached hydrogen (secondary N) is 1. The minimum Gasteiger partial charge on any atom is -0.307 e. The number of carbonyl (C=O) groups excluding carboxylic acids is 3. The van der Waals surface area contributed by atoms with Gasteiger partial charge in [0.25, 0.3) is 5.91 Å². The summed E-state index contributed by atoms with van der Waals surface area (Å²) >= 11 is 0. The summed E-state index contributed by atoms with van der Waals surface area (Å²) in [5.41, 5.74) is 2.63. The fraction of sp³-hybridized carbons (Fsp3) is 0.176. The highest BCUT2D eigenvalue weighted by Crippen LogP contribution is 2.29. The molecule has 0 fully saturated rings. The number of carbonyl (C=O) groups is 2. The number of benzodiazepines with no additional fused rings is 1. The van der Waals surface area contributed by atoms with Crippen molar-refractivity contribution in [2.75, 3.05) is 4.90 Å². The molecule has 3 rings (SSSR count). The van der Waals surface area contributed by atoms with Crippen molar-refractivity contribution < 1.29 is 14.4 Å². The molecule has 0 radical (unpaired) electrons. The fourth-order valence-corrected chi connectivity index (χ4v) is 2.68. The van der Waals surface area contributed by atoms with Crippen LogP contribution in [0.3, 0.4) is 0 Å². The van der Waals surface area contributed by atoms with Crippen LogP contribution in [0.1, 0.15) is 18.1 Å². The van der Waals surface area contributed by atoms with Crippen LogP contribution in [-0.4, -0.2) is 39.3 Å². The second-order valence-electron chi connectivity index (χ2n) is 5.46. The minimum atomic E-state index is -1.17. The Kier molecular flexibility index (Phi) is 4.28. The molecule has 1 aromatic carbocycles. The van der Waals surface area contributed by atoms with E-state index < -0.39 is 18.1 Å². The van der Waals surface area contributed by atoms with Crippen molar-refractivity contribution in [3.8, 4) is 0 Å². The van der Waals surface area contributed by atoms with Crippen LogP contribution in [0.5, 0.6) is 0 Å². The molecule has 0 saturated carbocycles. The quantitative estimate of drug-likeness (QED) is 0.835. The van der Waals surface area contributed by atoms with Gasteiger partial charge in [-0.2, -0.15) is 0 Å². The zero-order valence-corrected chi connectivity index (χ0v) is 13.6. The number of hydrogen-bond acceptors (Lipinski definition) is 5. The van der Waals surface area contributed by atoms with Crippen molar-refractivity contribution >= 4 is 29.3 Å². The molecule has 1 unspecified atom stereocenters. The van der Waals surface area contributed by atoms with Crippen LogP contribution >= 0.6 is 0 Å². The lowest BCUT2D eigenvalue weighted by Gasteiger charge is -2.22. The van der Waals surface area contributed by atoms with E-state index in [1.165, 1.54) is 28.2 Å². The minimum absolute atomic E-state index is 0.551. The number of fused-ring (bicyclic) bond motifs is 1. The number of aromatic nitrogens is 2. The molecule has 1 N–H and O–H groups in total. The second-order valence-corrected chi connectivity index (χ2v) is 5.46. The molecule has 2 heterocycles. The zero-order chi connectivity index (χ0) is 18.0. The Hall–Kier alpha value is -3.51. The SMILES string of the molecule is CC1=NC(NC(=O)n2ccnc2)C(=O)N(C=C=O)c2c(C)cccc21. The van der Waals surface area contributed by atoms with Gasteiger partial charge in [-0.25, -0.2) is 14.6 Å². The highest BCUT2D eigenvalue weighted by Gasteiger charge is 2.32. The van der Waals surface area contributed by atoms with E-state index in [0.29, 0.717) is 17.0 Å². The first-order chi connectivity index (χ1) is 12.0. The van der Waals surface area contributed by atoms with Crippen LogP contribution in [0.4, 0.5) is 10.5 Å². The Labute approximate surface area is 143 Å². The largest absolute Gasteiger partial charge is 0.328 e. The predicted octanol–water partition coefficient (Wildman–Crippen LogP) is 1.28. The number of nitrogens with zero attached hydrogens (tertiary/aromatic N) is 4. The summed E-state index contributed by atoms with van der Waals surface area (Å²) in [6.07, 6.45) is 4.05. The van der Waals surface area contributed by atoms with Gasteiger partial charge in [0.1, 0.15) is 12.3 Å². The second kappa shape index (κ2) is 6.54. The summed E-state index contributed by atoms with van der Waals surface area (Å²) in [5.74, 6) is 1.08. The van der Waals surface area contributed by atoms with E-state index in [4.69, 9.17) is 0 Å². The lowest BCUT2D eigenvalue weighted by Crippen LogP contribution is -2.47. The van der Waals surface area contributed by atoms with Crippen molar-refractivity contribution in [3.05, 3.63) is 54.2 Å². The molecule has 2 aromatic rings. The van der Waals surface area contributed by atoms with Crippen LogP contribution in [0.2, 0.25) is 0 Å². The number of benzene rings is 1. The third-order valence-corrected chi connectivity index (χ3v) is 3.84. The molecule has 126 valence electrons. The predicted molar refractivity (Wildman–Crippen MR) is 91.1 cm³/mol. The van der Waals surface area contributed by atoms with Crippen LogP contribution in [0.25, 0.3) is 0 Å². The number of rotatable bonds is 2. The average molecular weight is 337 g/mol. The summed E-state index contributed by atoms with van der Waals surface area (Å²) in [6, 6.07) is 4.92. The molecule has 0 bridgehead atoms. The number of amides is 2. The number of aryl methyl sites for hydroxylation is 1. The molecular formula is C17H15N5O3. The van der Waals surface area contributed by atoms with E-state index in [1.54, 1.807) is 18.9 Å². The number of aliphatic imine (C=N–C) groups is 1. The Morgan fingerprint density at radius 2 is 2.16 bits per heavy atom. The smallest absolute Gasteiger partial charge is 0.307 e. The summed E-state index contributed by atoms with van der Waals surface area (Å²) in [4.78, 5) is 45.3. The lowest BCUT2D eigenvalue weighted by atomic mass is 10.0. The summed E-state index contributed by atoms with van der Waals surface area (Å²) < 4.78 is 1.20. The number of imidazole rings is 1. The number of hydrogen-bond donors (Lipinski definition) is 1. The molecule has 1 aromatic heterocycles. The molecule has 8 heteroatoms. The molecule has 1 aliphatic heterocycles. The van der Waals surface area contributed by atoms with Crippen LogP contribution in [0, 0.1) is 6.92 Å². The van der Waals surface area contributed by atoms with E-state index in [-0.39, 0.29) is 0 Å². The maximum atomic E-state index is 12.9. The Balaban J connectivity index is 2.04. The number of para-hydroxylation sites is 1. The van der Waals surface area contributed by atoms with Gasteiger partial charge in [-0.3, -0.25) is 19.3 Å². The van der Waals surface area contributed by atoms with Crippen LogP contribution < -0.4 is 10.2 Å². The first-order valence-electron chi connectivity index (χ1n) is 7.50. The van der Waals surface area contributed by atoms with Crippen molar-refractivity contribution in [1.29, 1.82) is 0 Å². The molecule has 0 spiro atoms. The molecule has 2 amide bonds. The molecule has 1 aliphatic rings. The van der Waals surface area contributed by atoms with Gasteiger partial charge >= 0.3 is 6.03 Å². The third kappa shape index (κ3) is 2.98. The summed E-state index contributed by atoms with van der Waals surface area (Å²) in [7, 11) is 0. The Morgan fingerprint density at radius 1 is 1.36 bits per heavy atom. The number of anilines is 1. The van der Waals surface area contributed by atoms with E-state index >= 15 is 0 Å². The third-order valence-electron chi connectivity index (χ3n) is 3.84. The molecular weight excluding hydrogens is 322 g/mol. The van der Waals surface area contributed by atoms with E-state index in [9.17, 15) is 14.4 Å². The van der Waals surface area contributed by atoms with Crippen molar-refractivity contribution in [3.63, 3.8) is 0 Å². The van der Waals surface area contributed by atoms with E-state index in [0.717, 1.165) is 11.8 Å². The highest BCUT2D eigenvalue weighted by atomic mass is 16.2. The molecule has 0 aliphatic carbocycles. The Bertz CT molecular complexity index is 910. The van der Waals surface area contributed by atoms with Gasteiger partial charge in [0.05, 0.1) is 11.9 Å². The van der Waals surface area contributed by atoms with E-state index in [1.807, 2.05) is 19.1 Å². The first-order valence-corrected chi connectivity index (χ1v) is 7.50. The van der Waals surface area contributed by atoms with Gasteiger partial charge in [-0.1, -0.05) is 18.2 Å². The fourth-order valence-electron chi connectivity index (χ4n) is 2.68. The molecule has 1 atom stereocenters. The topological polar surface area (TPSA) is 96.7 Å². The van der Waals surface area contributed by atoms with E-state index in [2.05, 4.69) is 15.3 Å². The molecule has 0 saturated heterocycles. The lowest BCUT2D eigenvalue weighted by molar-refractivity contribution is -0.119. The van der Waals surface area contributed by atoms with Crippen molar-refractivity contribution in [2.24, 2.45) is 4.99 Å². The standard InChI is InChI=1S/C17H15N5O3/c1-11-4-3-5-13-12(2)19-15(16(24)22(8-9-23)14(11)13)20-17(25)21-7-6-18-10-21/h3-8,10,15H,1-2H3,(H,20,25). The van der Waals surface area contributed by atoms with Gasteiger partial charge in [-0.05, 0) is 19.4 Å². The highest BCUT2D eigenvalue weighted by molar-refractivity contribution is 6.14. The van der Waals surface area contributed by atoms with Gasteiger partial charge in [0.2, 0.25) is 6.17 Å². The summed E-state index contributed by atoms with van der Waals surface area (Å²) in [6.45, 7) is 3.57. The zero-order valence-electron chi connectivity index (χ0n) is 13.6. The monoisotopic (exact) mass is 337 g/mol. The molecule has 8 nitrogen and oxygen atoms in total. The van der Waals surface area contributed by atoms with Crippen molar-refractivity contribution in [2.45, 2.75) is 20.0 Å². The molecule has 25 heavy (non-hydrogen) atoms. The van der Waals surface area contributed by atoms with Gasteiger partial charge in [-0.15, -0.1) is 0 Å². The van der Waals surface area contributed by atoms with Crippen LogP contribution in [-0.2, 0) is 9.59 Å². The van der Waals surface area contributed by atoms with Crippen LogP contribution in [0.15, 0.2) is 48.1 Å². The Morgan fingerprint density at radius 3 is 2.84 bits per heavy atom. The maximum absolute atomic E-state index is 12.9. The maximum Gasteiger partial charge on any atom is 0.328 e. The normalized spacial score (nSPS) is 16.4. The van der Waals surface area contributed by atoms with Crippen molar-refractivity contribution in [1.82, 2.24) is 14.9 Å².